The molecule has 2 N–H and O–H groups in total. The summed E-state index contributed by atoms with van der Waals surface area (Å²) in [6.07, 6.45) is 3.51. The number of hydrogen-bond acceptors (Lipinski definition) is 2. The van der Waals surface area contributed by atoms with E-state index in [2.05, 4.69) is 55.8 Å². The van der Waals surface area contributed by atoms with Crippen LogP contribution in [0.1, 0.15) is 50.8 Å². The highest BCUT2D eigenvalue weighted by Gasteiger charge is 2.31. The number of fused-ring (bicyclic) bond motifs is 1. The summed E-state index contributed by atoms with van der Waals surface area (Å²) in [5.74, 6) is 0.444. The van der Waals surface area contributed by atoms with E-state index in [0.717, 1.165) is 12.1 Å². The molecular formula is C18H25N3. The lowest BCUT2D eigenvalue weighted by Crippen LogP contribution is -2.27. The highest BCUT2D eigenvalue weighted by Crippen LogP contribution is 2.39. The van der Waals surface area contributed by atoms with Gasteiger partial charge in [0, 0.05) is 22.7 Å². The molecule has 1 heterocycles. The van der Waals surface area contributed by atoms with Gasteiger partial charge in [-0.05, 0) is 46.6 Å². The molecule has 1 aliphatic rings. The van der Waals surface area contributed by atoms with Gasteiger partial charge in [-0.1, -0.05) is 30.3 Å². The third kappa shape index (κ3) is 2.51. The second-order valence-electron chi connectivity index (χ2n) is 6.98. The molecule has 112 valence electrons. The monoisotopic (exact) mass is 283 g/mol. The van der Waals surface area contributed by atoms with Gasteiger partial charge in [0.15, 0.2) is 0 Å². The molecule has 0 spiro atoms. The molecule has 0 aliphatic heterocycles. The third-order valence-corrected chi connectivity index (χ3v) is 4.36. The van der Waals surface area contributed by atoms with Crippen LogP contribution in [-0.2, 0) is 12.0 Å². The Morgan fingerprint density at radius 3 is 2.57 bits per heavy atom. The van der Waals surface area contributed by atoms with Crippen molar-refractivity contribution < 1.29 is 0 Å². The molecule has 1 atom stereocenters. The normalized spacial score (nSPS) is 18.6. The van der Waals surface area contributed by atoms with Crippen LogP contribution in [0.15, 0.2) is 30.3 Å². The number of hydrogen-bond donors (Lipinski definition) is 1. The van der Waals surface area contributed by atoms with Crippen molar-refractivity contribution in [3.63, 3.8) is 0 Å². The van der Waals surface area contributed by atoms with Crippen LogP contribution in [0.2, 0.25) is 0 Å². The largest absolute Gasteiger partial charge is 0.330 e. The Morgan fingerprint density at radius 2 is 1.95 bits per heavy atom. The fourth-order valence-electron chi connectivity index (χ4n) is 3.39. The molecule has 1 aliphatic carbocycles. The van der Waals surface area contributed by atoms with E-state index in [4.69, 9.17) is 10.8 Å². The lowest BCUT2D eigenvalue weighted by molar-refractivity contribution is 0.338. The SMILES string of the molecule is CC(C)(C)n1nc(-c2ccccc2)c2c1CCCC2CN. The zero-order valence-electron chi connectivity index (χ0n) is 13.3. The smallest absolute Gasteiger partial charge is 0.0961 e. The molecule has 1 aromatic carbocycles. The van der Waals surface area contributed by atoms with Gasteiger partial charge in [0.1, 0.15) is 0 Å². The van der Waals surface area contributed by atoms with Gasteiger partial charge < -0.3 is 5.73 Å². The maximum absolute atomic E-state index is 6.05. The van der Waals surface area contributed by atoms with Gasteiger partial charge in [-0.15, -0.1) is 0 Å². The Bertz CT molecular complexity index is 620. The second-order valence-corrected chi connectivity index (χ2v) is 6.98. The van der Waals surface area contributed by atoms with Crippen molar-refractivity contribution in [2.75, 3.05) is 6.54 Å². The number of nitrogens with two attached hydrogens (primary N) is 1. The number of benzene rings is 1. The van der Waals surface area contributed by atoms with Crippen LogP contribution >= 0.6 is 0 Å². The van der Waals surface area contributed by atoms with Crippen LogP contribution in [0.3, 0.4) is 0 Å². The van der Waals surface area contributed by atoms with Crippen molar-refractivity contribution in [3.8, 4) is 11.3 Å². The summed E-state index contributed by atoms with van der Waals surface area (Å²) in [6, 6.07) is 10.5. The molecule has 1 aromatic heterocycles. The fourth-order valence-corrected chi connectivity index (χ4v) is 3.39. The van der Waals surface area contributed by atoms with E-state index in [0.29, 0.717) is 12.5 Å². The Kier molecular flexibility index (Phi) is 3.62. The van der Waals surface area contributed by atoms with Crippen molar-refractivity contribution in [2.45, 2.75) is 51.5 Å². The summed E-state index contributed by atoms with van der Waals surface area (Å²) < 4.78 is 2.23. The van der Waals surface area contributed by atoms with Crippen LogP contribution in [0, 0.1) is 0 Å². The Morgan fingerprint density at radius 1 is 1.24 bits per heavy atom. The molecular weight excluding hydrogens is 258 g/mol. The first-order valence-corrected chi connectivity index (χ1v) is 7.90. The standard InChI is InChI=1S/C18H25N3/c1-18(2,3)21-15-11-7-10-14(12-19)16(15)17(20-21)13-8-5-4-6-9-13/h4-6,8-9,14H,7,10-12,19H2,1-3H3. The predicted octanol–water partition coefficient (Wildman–Crippen LogP) is 3.68. The quantitative estimate of drug-likeness (QED) is 0.913. The van der Waals surface area contributed by atoms with E-state index >= 15 is 0 Å². The molecule has 0 saturated heterocycles. The molecule has 21 heavy (non-hydrogen) atoms. The van der Waals surface area contributed by atoms with Gasteiger partial charge in [-0.25, -0.2) is 0 Å². The first-order chi connectivity index (χ1) is 10.0. The minimum Gasteiger partial charge on any atom is -0.330 e. The number of aromatic nitrogens is 2. The van der Waals surface area contributed by atoms with Crippen LogP contribution in [0.25, 0.3) is 11.3 Å². The zero-order chi connectivity index (χ0) is 15.0. The summed E-state index contributed by atoms with van der Waals surface area (Å²) in [5.41, 5.74) is 11.2. The summed E-state index contributed by atoms with van der Waals surface area (Å²) in [5, 5.41) is 4.99. The molecule has 0 bridgehead atoms. The molecule has 0 saturated carbocycles. The fraction of sp³-hybridized carbons (Fsp3) is 0.500. The van der Waals surface area contributed by atoms with Gasteiger partial charge in [0.25, 0.3) is 0 Å². The Hall–Kier alpha value is -1.61. The maximum Gasteiger partial charge on any atom is 0.0961 e. The van der Waals surface area contributed by atoms with Crippen molar-refractivity contribution in [3.05, 3.63) is 41.6 Å². The molecule has 3 heteroatoms. The summed E-state index contributed by atoms with van der Waals surface area (Å²) in [6.45, 7) is 7.38. The highest BCUT2D eigenvalue weighted by molar-refractivity contribution is 5.65. The second kappa shape index (κ2) is 5.30. The van der Waals surface area contributed by atoms with E-state index in [1.165, 1.54) is 29.7 Å². The Balaban J connectivity index is 2.23. The lowest BCUT2D eigenvalue weighted by atomic mass is 9.83. The average molecular weight is 283 g/mol. The van der Waals surface area contributed by atoms with E-state index in [-0.39, 0.29) is 5.54 Å². The highest BCUT2D eigenvalue weighted by atomic mass is 15.3. The topological polar surface area (TPSA) is 43.8 Å². The lowest BCUT2D eigenvalue weighted by Gasteiger charge is -2.27. The molecule has 3 rings (SSSR count). The maximum atomic E-state index is 6.05. The number of rotatable bonds is 2. The van der Waals surface area contributed by atoms with E-state index in [1.54, 1.807) is 0 Å². The molecule has 0 radical (unpaired) electrons. The van der Waals surface area contributed by atoms with E-state index in [9.17, 15) is 0 Å². The van der Waals surface area contributed by atoms with Crippen LogP contribution in [-0.4, -0.2) is 16.3 Å². The van der Waals surface area contributed by atoms with Crippen molar-refractivity contribution in [1.82, 2.24) is 9.78 Å². The molecule has 2 aromatic rings. The van der Waals surface area contributed by atoms with Gasteiger partial charge in [-0.2, -0.15) is 5.10 Å². The van der Waals surface area contributed by atoms with Gasteiger partial charge in [0.05, 0.1) is 11.2 Å². The van der Waals surface area contributed by atoms with E-state index in [1.807, 2.05) is 0 Å². The first-order valence-electron chi connectivity index (χ1n) is 7.90. The molecule has 1 unspecified atom stereocenters. The molecule has 0 amide bonds. The number of nitrogens with zero attached hydrogens (tertiary/aromatic N) is 2. The summed E-state index contributed by atoms with van der Waals surface area (Å²) >= 11 is 0. The summed E-state index contributed by atoms with van der Waals surface area (Å²) in [7, 11) is 0. The van der Waals surface area contributed by atoms with Crippen molar-refractivity contribution in [1.29, 1.82) is 0 Å². The van der Waals surface area contributed by atoms with Gasteiger partial charge in [-0.3, -0.25) is 4.68 Å². The van der Waals surface area contributed by atoms with Crippen molar-refractivity contribution in [2.24, 2.45) is 5.73 Å². The zero-order valence-corrected chi connectivity index (χ0v) is 13.3. The average Bonchev–Trinajstić information content (AvgIpc) is 2.88. The first kappa shape index (κ1) is 14.3. The van der Waals surface area contributed by atoms with Crippen LogP contribution in [0.5, 0.6) is 0 Å². The van der Waals surface area contributed by atoms with Crippen molar-refractivity contribution >= 4 is 0 Å². The molecule has 0 fully saturated rings. The van der Waals surface area contributed by atoms with E-state index < -0.39 is 0 Å². The predicted molar refractivity (Wildman–Crippen MR) is 87.4 cm³/mol. The third-order valence-electron chi connectivity index (χ3n) is 4.36. The minimum atomic E-state index is 0.00754. The van der Waals surface area contributed by atoms with Gasteiger partial charge >= 0.3 is 0 Å². The Labute approximate surface area is 127 Å². The van der Waals surface area contributed by atoms with Gasteiger partial charge in [0.2, 0.25) is 0 Å². The van der Waals surface area contributed by atoms with Crippen LogP contribution < -0.4 is 5.73 Å². The van der Waals surface area contributed by atoms with Crippen LogP contribution in [0.4, 0.5) is 0 Å². The minimum absolute atomic E-state index is 0.00754. The molecule has 3 nitrogen and oxygen atoms in total. The summed E-state index contributed by atoms with van der Waals surface area (Å²) in [4.78, 5) is 0.